The van der Waals surface area contributed by atoms with Gasteiger partial charge in [0, 0.05) is 29.1 Å². The van der Waals surface area contributed by atoms with Gasteiger partial charge >= 0.3 is 5.97 Å². The van der Waals surface area contributed by atoms with Crippen molar-refractivity contribution in [1.82, 2.24) is 4.57 Å². The lowest BCUT2D eigenvalue weighted by Crippen LogP contribution is -2.08. The zero-order valence-electron chi connectivity index (χ0n) is 15.7. The summed E-state index contributed by atoms with van der Waals surface area (Å²) in [6, 6.07) is 20.9. The van der Waals surface area contributed by atoms with Crippen LogP contribution in [-0.4, -0.2) is 17.6 Å². The highest BCUT2D eigenvalue weighted by atomic mass is 16.5. The monoisotopic (exact) mass is 347 g/mol. The molecule has 0 aliphatic carbocycles. The van der Waals surface area contributed by atoms with Gasteiger partial charge in [0.2, 0.25) is 0 Å². The van der Waals surface area contributed by atoms with Gasteiger partial charge in [0.15, 0.2) is 0 Å². The molecule has 1 aromatic heterocycles. The highest BCUT2D eigenvalue weighted by Gasteiger charge is 2.22. The van der Waals surface area contributed by atoms with Crippen molar-refractivity contribution in [2.24, 2.45) is 0 Å². The largest absolute Gasteiger partial charge is 0.469 e. The van der Waals surface area contributed by atoms with Gasteiger partial charge in [-0.2, -0.15) is 0 Å². The molecule has 0 bridgehead atoms. The molecule has 3 aromatic rings. The Morgan fingerprint density at radius 3 is 1.96 bits per heavy atom. The molecule has 0 saturated carbocycles. The van der Waals surface area contributed by atoms with Crippen molar-refractivity contribution in [3.8, 4) is 22.3 Å². The second-order valence-electron chi connectivity index (χ2n) is 6.33. The Hall–Kier alpha value is -2.81. The molecule has 1 heterocycles. The Balaban J connectivity index is 2.23. The summed E-state index contributed by atoms with van der Waals surface area (Å²) in [6.45, 7) is 5.19. The van der Waals surface area contributed by atoms with E-state index in [1.807, 2.05) is 12.1 Å². The molecule has 3 heteroatoms. The highest BCUT2D eigenvalue weighted by molar-refractivity contribution is 5.88. The van der Waals surface area contributed by atoms with Crippen molar-refractivity contribution in [1.29, 1.82) is 0 Å². The standard InChI is InChI=1S/C23H25NO2/c1-4-24-17(2)22(18-11-7-5-8-12-18)23(19-13-9-6-10-14-19)20(24)15-16-21(25)26-3/h5-14H,4,15-16H2,1-3H3. The number of hydrogen-bond acceptors (Lipinski definition) is 2. The van der Waals surface area contributed by atoms with Gasteiger partial charge in [-0.05, 0) is 31.4 Å². The van der Waals surface area contributed by atoms with E-state index in [4.69, 9.17) is 4.74 Å². The average molecular weight is 347 g/mol. The van der Waals surface area contributed by atoms with E-state index in [1.54, 1.807) is 0 Å². The van der Waals surface area contributed by atoms with Crippen LogP contribution in [0.25, 0.3) is 22.3 Å². The lowest BCUT2D eigenvalue weighted by Gasteiger charge is -2.11. The van der Waals surface area contributed by atoms with E-state index < -0.39 is 0 Å². The molecule has 0 aliphatic rings. The lowest BCUT2D eigenvalue weighted by atomic mass is 9.94. The number of methoxy groups -OCH3 is 1. The van der Waals surface area contributed by atoms with E-state index in [0.717, 1.165) is 6.54 Å². The minimum Gasteiger partial charge on any atom is -0.469 e. The van der Waals surface area contributed by atoms with Crippen LogP contribution in [0.3, 0.4) is 0 Å². The summed E-state index contributed by atoms with van der Waals surface area (Å²) in [5, 5.41) is 0. The van der Waals surface area contributed by atoms with Crippen LogP contribution in [0.4, 0.5) is 0 Å². The fourth-order valence-corrected chi connectivity index (χ4v) is 3.68. The third kappa shape index (κ3) is 3.43. The van der Waals surface area contributed by atoms with Crippen molar-refractivity contribution in [2.75, 3.05) is 7.11 Å². The Morgan fingerprint density at radius 1 is 0.923 bits per heavy atom. The normalized spacial score (nSPS) is 10.7. The number of carbonyl (C=O) groups is 1. The van der Waals surface area contributed by atoms with Crippen molar-refractivity contribution < 1.29 is 9.53 Å². The van der Waals surface area contributed by atoms with Gasteiger partial charge in [0.1, 0.15) is 0 Å². The van der Waals surface area contributed by atoms with Gasteiger partial charge in [-0.1, -0.05) is 60.7 Å². The van der Waals surface area contributed by atoms with E-state index in [0.29, 0.717) is 12.8 Å². The van der Waals surface area contributed by atoms with Gasteiger partial charge in [-0.25, -0.2) is 0 Å². The van der Waals surface area contributed by atoms with Crippen LogP contribution >= 0.6 is 0 Å². The van der Waals surface area contributed by atoms with Crippen molar-refractivity contribution >= 4 is 5.97 Å². The summed E-state index contributed by atoms with van der Waals surface area (Å²) >= 11 is 0. The topological polar surface area (TPSA) is 31.2 Å². The lowest BCUT2D eigenvalue weighted by molar-refractivity contribution is -0.140. The van der Waals surface area contributed by atoms with E-state index >= 15 is 0 Å². The Labute approximate surface area is 155 Å². The molecule has 0 atom stereocenters. The smallest absolute Gasteiger partial charge is 0.305 e. The molecular formula is C23H25NO2. The van der Waals surface area contributed by atoms with E-state index in [2.05, 4.69) is 66.9 Å². The number of carbonyl (C=O) groups excluding carboxylic acids is 1. The zero-order chi connectivity index (χ0) is 18.5. The highest BCUT2D eigenvalue weighted by Crippen LogP contribution is 2.40. The molecule has 2 aromatic carbocycles. The van der Waals surface area contributed by atoms with Gasteiger partial charge in [0.05, 0.1) is 13.5 Å². The van der Waals surface area contributed by atoms with Crippen LogP contribution in [0.15, 0.2) is 60.7 Å². The first-order chi connectivity index (χ1) is 12.7. The maximum atomic E-state index is 11.8. The minimum atomic E-state index is -0.174. The van der Waals surface area contributed by atoms with Gasteiger partial charge < -0.3 is 9.30 Å². The SMILES string of the molecule is CCn1c(C)c(-c2ccccc2)c(-c2ccccc2)c1CCC(=O)OC. The maximum Gasteiger partial charge on any atom is 0.305 e. The summed E-state index contributed by atoms with van der Waals surface area (Å²) in [5.41, 5.74) is 7.29. The number of nitrogens with zero attached hydrogens (tertiary/aromatic N) is 1. The van der Waals surface area contributed by atoms with Gasteiger partial charge in [0.25, 0.3) is 0 Å². The van der Waals surface area contributed by atoms with Gasteiger partial charge in [-0.3, -0.25) is 4.79 Å². The molecule has 3 nitrogen and oxygen atoms in total. The second-order valence-corrected chi connectivity index (χ2v) is 6.33. The molecule has 0 N–H and O–H groups in total. The van der Waals surface area contributed by atoms with Gasteiger partial charge in [-0.15, -0.1) is 0 Å². The first kappa shape index (κ1) is 18.0. The van der Waals surface area contributed by atoms with E-state index in [9.17, 15) is 4.79 Å². The fourth-order valence-electron chi connectivity index (χ4n) is 3.68. The second kappa shape index (κ2) is 8.05. The number of ether oxygens (including phenoxy) is 1. The summed E-state index contributed by atoms with van der Waals surface area (Å²) in [4.78, 5) is 11.8. The number of aromatic nitrogens is 1. The predicted molar refractivity (Wildman–Crippen MR) is 106 cm³/mol. The first-order valence-electron chi connectivity index (χ1n) is 9.07. The van der Waals surface area contributed by atoms with Crippen LogP contribution < -0.4 is 0 Å². The Morgan fingerprint density at radius 2 is 1.46 bits per heavy atom. The number of hydrogen-bond donors (Lipinski definition) is 0. The fraction of sp³-hybridized carbons (Fsp3) is 0.261. The molecule has 0 unspecified atom stereocenters. The Kier molecular flexibility index (Phi) is 5.57. The first-order valence-corrected chi connectivity index (χ1v) is 9.07. The Bertz CT molecular complexity index is 880. The third-order valence-electron chi connectivity index (χ3n) is 4.87. The molecule has 0 aliphatic heterocycles. The molecule has 0 saturated heterocycles. The van der Waals surface area contributed by atoms with Crippen molar-refractivity contribution in [3.05, 3.63) is 72.1 Å². The van der Waals surface area contributed by atoms with Crippen LogP contribution in [0, 0.1) is 6.92 Å². The zero-order valence-corrected chi connectivity index (χ0v) is 15.7. The molecule has 0 spiro atoms. The summed E-state index contributed by atoms with van der Waals surface area (Å²) in [5.74, 6) is -0.174. The maximum absolute atomic E-state index is 11.8. The number of rotatable bonds is 6. The van der Waals surface area contributed by atoms with Crippen LogP contribution in [-0.2, 0) is 22.5 Å². The van der Waals surface area contributed by atoms with Crippen LogP contribution in [0.1, 0.15) is 24.7 Å². The van der Waals surface area contributed by atoms with Crippen LogP contribution in [0.5, 0.6) is 0 Å². The molecule has 3 rings (SSSR count). The molecule has 0 amide bonds. The van der Waals surface area contributed by atoms with Crippen LogP contribution in [0.2, 0.25) is 0 Å². The summed E-state index contributed by atoms with van der Waals surface area (Å²) in [6.07, 6.45) is 1.05. The van der Waals surface area contributed by atoms with E-state index in [-0.39, 0.29) is 5.97 Å². The summed E-state index contributed by atoms with van der Waals surface area (Å²) < 4.78 is 7.19. The average Bonchev–Trinajstić information content (AvgIpc) is 2.98. The van der Waals surface area contributed by atoms with E-state index in [1.165, 1.54) is 40.8 Å². The molecule has 134 valence electrons. The predicted octanol–water partition coefficient (Wildman–Crippen LogP) is 5.26. The molecule has 26 heavy (non-hydrogen) atoms. The number of benzene rings is 2. The van der Waals surface area contributed by atoms with Crippen molar-refractivity contribution in [3.63, 3.8) is 0 Å². The molecular weight excluding hydrogens is 322 g/mol. The third-order valence-corrected chi connectivity index (χ3v) is 4.87. The summed E-state index contributed by atoms with van der Waals surface area (Å²) in [7, 11) is 1.44. The minimum absolute atomic E-state index is 0.174. The number of esters is 1. The molecule has 0 fully saturated rings. The molecule has 0 radical (unpaired) electrons. The van der Waals surface area contributed by atoms with Crippen molar-refractivity contribution in [2.45, 2.75) is 33.2 Å². The quantitative estimate of drug-likeness (QED) is 0.570.